The largest absolute Gasteiger partial charge is 0.496 e. The summed E-state index contributed by atoms with van der Waals surface area (Å²) in [5.41, 5.74) is 2.65. The van der Waals surface area contributed by atoms with Crippen LogP contribution in [0.5, 0.6) is 28.7 Å². The number of hydrogen-bond acceptors (Lipinski definition) is 7. The fourth-order valence-corrected chi connectivity index (χ4v) is 5.32. The Kier molecular flexibility index (Phi) is 5.76. The lowest BCUT2D eigenvalue weighted by Crippen LogP contribution is -2.21. The molecule has 0 saturated heterocycles. The van der Waals surface area contributed by atoms with Gasteiger partial charge >= 0.3 is 5.97 Å². The van der Waals surface area contributed by atoms with Gasteiger partial charge in [0.15, 0.2) is 17.3 Å². The second-order valence-electron chi connectivity index (χ2n) is 9.01. The van der Waals surface area contributed by atoms with Crippen LogP contribution in [0.15, 0.2) is 72.5 Å². The van der Waals surface area contributed by atoms with Gasteiger partial charge in [-0.3, -0.25) is 9.59 Å². The molecule has 2 aliphatic heterocycles. The number of hydrogen-bond donors (Lipinski definition) is 0. The van der Waals surface area contributed by atoms with Gasteiger partial charge in [0, 0.05) is 22.4 Å². The summed E-state index contributed by atoms with van der Waals surface area (Å²) in [6.07, 6.45) is 1.75. The van der Waals surface area contributed by atoms with Crippen molar-refractivity contribution in [3.8, 4) is 28.7 Å². The lowest BCUT2D eigenvalue weighted by Gasteiger charge is -2.27. The number of ketones is 1. The normalized spacial score (nSPS) is 17.0. The predicted octanol–water partition coefficient (Wildman–Crippen LogP) is 5.92. The van der Waals surface area contributed by atoms with Gasteiger partial charge in [-0.05, 0) is 41.3 Å². The van der Waals surface area contributed by atoms with Crippen molar-refractivity contribution in [2.45, 2.75) is 12.3 Å². The zero-order valence-corrected chi connectivity index (χ0v) is 21.1. The molecule has 0 fully saturated rings. The van der Waals surface area contributed by atoms with E-state index in [1.807, 2.05) is 48.5 Å². The van der Waals surface area contributed by atoms with Crippen LogP contribution >= 0.6 is 0 Å². The number of fused-ring (bicyclic) bond motifs is 4. The van der Waals surface area contributed by atoms with Crippen LogP contribution < -0.4 is 23.7 Å². The van der Waals surface area contributed by atoms with Crippen molar-refractivity contribution in [3.05, 3.63) is 94.7 Å². The van der Waals surface area contributed by atoms with Crippen LogP contribution in [0.2, 0.25) is 0 Å². The first-order valence-corrected chi connectivity index (χ1v) is 12.1. The maximum absolute atomic E-state index is 13.5. The van der Waals surface area contributed by atoms with E-state index < -0.39 is 0 Å². The number of para-hydroxylation sites is 1. The molecule has 0 spiro atoms. The third-order valence-electron chi connectivity index (χ3n) is 7.01. The van der Waals surface area contributed by atoms with Crippen LogP contribution in [0.4, 0.5) is 0 Å². The fourth-order valence-electron chi connectivity index (χ4n) is 5.32. The Balaban J connectivity index is 1.50. The van der Waals surface area contributed by atoms with Crippen molar-refractivity contribution in [3.63, 3.8) is 0 Å². The molecule has 38 heavy (non-hydrogen) atoms. The average Bonchev–Trinajstić information content (AvgIpc) is 3.26. The van der Waals surface area contributed by atoms with Gasteiger partial charge in [0.05, 0.1) is 33.3 Å². The number of rotatable bonds is 5. The standard InChI is InChI=1S/C31H24O7/c1-34-23-13-11-19(18-8-4-5-9-20(18)23)22-16-27(32)37-24-14-12-21-29(33)26(38-31(21)28(22)24)15-17-7-6-10-25(35-2)30(17)36-3/h4-15,22H,16H2,1-3H3/b26-15-/t22-/m0/s1. The van der Waals surface area contributed by atoms with Crippen LogP contribution in [0.1, 0.15) is 39.4 Å². The Hall–Kier alpha value is -4.78. The smallest absolute Gasteiger partial charge is 0.312 e. The molecule has 0 aliphatic carbocycles. The number of benzene rings is 4. The highest BCUT2D eigenvalue weighted by atomic mass is 16.5. The van der Waals surface area contributed by atoms with Crippen LogP contribution in [-0.4, -0.2) is 33.1 Å². The molecule has 4 aromatic rings. The summed E-state index contributed by atoms with van der Waals surface area (Å²) in [5.74, 6) is 1.73. The van der Waals surface area contributed by atoms with Crippen molar-refractivity contribution >= 4 is 28.6 Å². The minimum absolute atomic E-state index is 0.111. The summed E-state index contributed by atoms with van der Waals surface area (Å²) >= 11 is 0. The molecule has 4 aromatic carbocycles. The first-order chi connectivity index (χ1) is 18.5. The van der Waals surface area contributed by atoms with E-state index in [1.54, 1.807) is 45.6 Å². The minimum atomic E-state index is -0.379. The number of carbonyl (C=O) groups excluding carboxylic acids is 2. The predicted molar refractivity (Wildman–Crippen MR) is 142 cm³/mol. The monoisotopic (exact) mass is 508 g/mol. The van der Waals surface area contributed by atoms with Crippen LogP contribution in [0.25, 0.3) is 16.8 Å². The molecular formula is C31H24O7. The van der Waals surface area contributed by atoms with Gasteiger partial charge in [0.1, 0.15) is 17.2 Å². The second kappa shape index (κ2) is 9.27. The summed E-state index contributed by atoms with van der Waals surface area (Å²) in [6.45, 7) is 0. The highest BCUT2D eigenvalue weighted by Crippen LogP contribution is 2.50. The van der Waals surface area contributed by atoms with E-state index in [-0.39, 0.29) is 29.9 Å². The molecule has 0 radical (unpaired) electrons. The third-order valence-corrected chi connectivity index (χ3v) is 7.01. The molecule has 2 aliphatic rings. The number of esters is 1. The van der Waals surface area contributed by atoms with Crippen molar-refractivity contribution in [2.75, 3.05) is 21.3 Å². The quantitative estimate of drug-likeness (QED) is 0.188. The number of methoxy groups -OCH3 is 3. The topological polar surface area (TPSA) is 80.3 Å². The number of carbonyl (C=O) groups is 2. The van der Waals surface area contributed by atoms with Crippen LogP contribution in [0.3, 0.4) is 0 Å². The molecule has 7 heteroatoms. The van der Waals surface area contributed by atoms with Crippen molar-refractivity contribution in [2.24, 2.45) is 0 Å². The van der Waals surface area contributed by atoms with Crippen molar-refractivity contribution in [1.82, 2.24) is 0 Å². The van der Waals surface area contributed by atoms with Crippen LogP contribution in [0, 0.1) is 0 Å². The molecule has 0 aromatic heterocycles. The van der Waals surface area contributed by atoms with Gasteiger partial charge in [-0.25, -0.2) is 0 Å². The van der Waals surface area contributed by atoms with Crippen molar-refractivity contribution in [1.29, 1.82) is 0 Å². The molecule has 190 valence electrons. The van der Waals surface area contributed by atoms with E-state index in [0.717, 1.165) is 22.1 Å². The SMILES string of the molecule is COc1cccc(/C=C2\Oc3c(ccc4c3[C@H](c3ccc(OC)c5ccccc35)CC(=O)O4)C2=O)c1OC. The van der Waals surface area contributed by atoms with Crippen LogP contribution in [-0.2, 0) is 4.79 Å². The Morgan fingerprint density at radius 1 is 0.789 bits per heavy atom. The fraction of sp³-hybridized carbons (Fsp3) is 0.161. The molecule has 2 heterocycles. The van der Waals surface area contributed by atoms with E-state index in [2.05, 4.69) is 0 Å². The average molecular weight is 509 g/mol. The first kappa shape index (κ1) is 23.6. The Morgan fingerprint density at radius 2 is 1.58 bits per heavy atom. The number of Topliss-reactive ketones (excluding diaryl/α,β-unsaturated/α-hetero) is 1. The molecule has 0 N–H and O–H groups in total. The molecule has 1 atom stereocenters. The van der Waals surface area contributed by atoms with E-state index in [9.17, 15) is 9.59 Å². The van der Waals surface area contributed by atoms with Gasteiger partial charge in [-0.15, -0.1) is 0 Å². The zero-order valence-electron chi connectivity index (χ0n) is 21.1. The highest BCUT2D eigenvalue weighted by Gasteiger charge is 2.39. The minimum Gasteiger partial charge on any atom is -0.496 e. The molecule has 0 bridgehead atoms. The first-order valence-electron chi connectivity index (χ1n) is 12.1. The number of ether oxygens (including phenoxy) is 5. The van der Waals surface area contributed by atoms with E-state index in [0.29, 0.717) is 39.7 Å². The number of allylic oxidation sites excluding steroid dienone is 1. The molecule has 7 nitrogen and oxygen atoms in total. The third kappa shape index (κ3) is 3.66. The molecule has 6 rings (SSSR count). The molecule has 0 saturated carbocycles. The maximum atomic E-state index is 13.5. The lowest BCUT2D eigenvalue weighted by atomic mass is 9.82. The summed E-state index contributed by atoms with van der Waals surface area (Å²) in [7, 11) is 4.73. The Bertz CT molecular complexity index is 1650. The van der Waals surface area contributed by atoms with Gasteiger partial charge in [-0.1, -0.05) is 42.5 Å². The molecule has 0 amide bonds. The van der Waals surface area contributed by atoms with Gasteiger partial charge in [0.2, 0.25) is 5.78 Å². The summed E-state index contributed by atoms with van der Waals surface area (Å²) in [5, 5.41) is 1.89. The van der Waals surface area contributed by atoms with E-state index in [4.69, 9.17) is 23.7 Å². The van der Waals surface area contributed by atoms with Gasteiger partial charge < -0.3 is 23.7 Å². The summed E-state index contributed by atoms with van der Waals surface area (Å²) < 4.78 is 28.3. The second-order valence-corrected chi connectivity index (χ2v) is 9.01. The zero-order chi connectivity index (χ0) is 26.4. The molecular weight excluding hydrogens is 484 g/mol. The highest BCUT2D eigenvalue weighted by molar-refractivity contribution is 6.15. The molecule has 0 unspecified atom stereocenters. The lowest BCUT2D eigenvalue weighted by molar-refractivity contribution is -0.135. The van der Waals surface area contributed by atoms with E-state index >= 15 is 0 Å². The van der Waals surface area contributed by atoms with Crippen molar-refractivity contribution < 1.29 is 33.3 Å². The maximum Gasteiger partial charge on any atom is 0.312 e. The Morgan fingerprint density at radius 3 is 2.34 bits per heavy atom. The summed E-state index contributed by atoms with van der Waals surface area (Å²) in [6, 6.07) is 20.5. The van der Waals surface area contributed by atoms with Gasteiger partial charge in [0.25, 0.3) is 0 Å². The van der Waals surface area contributed by atoms with Gasteiger partial charge in [-0.2, -0.15) is 0 Å². The Labute approximate surface area is 219 Å². The van der Waals surface area contributed by atoms with E-state index in [1.165, 1.54) is 0 Å². The summed E-state index contributed by atoms with van der Waals surface area (Å²) in [4.78, 5) is 26.1.